The topological polar surface area (TPSA) is 49.4 Å². The largest absolute Gasteiger partial charge is 0.316 e. The average molecular weight is 260 g/mol. The van der Waals surface area contributed by atoms with Crippen LogP contribution in [-0.4, -0.2) is 33.4 Å². The van der Waals surface area contributed by atoms with Gasteiger partial charge in [-0.2, -0.15) is 4.31 Å². The lowest BCUT2D eigenvalue weighted by molar-refractivity contribution is 0.501. The third-order valence-corrected chi connectivity index (χ3v) is 5.35. The Kier molecular flexibility index (Phi) is 4.67. The molecule has 1 N–H and O–H groups in total. The third kappa shape index (κ3) is 2.91. The second kappa shape index (κ2) is 5.58. The van der Waals surface area contributed by atoms with Crippen molar-refractivity contribution in [3.8, 4) is 0 Å². The molecule has 0 aliphatic rings. The van der Waals surface area contributed by atoms with Crippen molar-refractivity contribution in [1.29, 1.82) is 0 Å². The van der Waals surface area contributed by atoms with E-state index >= 15 is 0 Å². The quantitative estimate of drug-likeness (QED) is 0.784. The molecule has 1 rings (SSSR count). The Morgan fingerprint density at radius 2 is 2.31 bits per heavy atom. The normalized spacial score (nSPS) is 11.9. The Balaban J connectivity index is 2.93. The van der Waals surface area contributed by atoms with Crippen molar-refractivity contribution in [1.82, 2.24) is 9.62 Å². The molecule has 0 aromatic carbocycles. The molecule has 1 heterocycles. The molecule has 6 heteroatoms. The number of likely N-dealkylation sites (N-methyl/N-ethyl adjacent to an activating group) is 1. The maximum absolute atomic E-state index is 12.0. The number of thiophene rings is 1. The predicted molar refractivity (Wildman–Crippen MR) is 67.1 cm³/mol. The maximum atomic E-state index is 12.0. The first-order chi connectivity index (χ1) is 7.52. The lowest BCUT2D eigenvalue weighted by atomic mass is 10.3. The number of nitrogens with zero attached hydrogens (tertiary/aromatic N) is 1. The zero-order valence-electron chi connectivity index (χ0n) is 9.43. The van der Waals surface area contributed by atoms with Crippen LogP contribution in [0.15, 0.2) is 28.3 Å². The first-order valence-corrected chi connectivity index (χ1v) is 7.13. The molecule has 4 nitrogen and oxygen atoms in total. The number of sulfonamides is 1. The molecule has 0 radical (unpaired) electrons. The number of rotatable bonds is 6. The highest BCUT2D eigenvalue weighted by atomic mass is 32.2. The summed E-state index contributed by atoms with van der Waals surface area (Å²) in [6.07, 6.45) is 1.57. The van der Waals surface area contributed by atoms with Gasteiger partial charge in [0.15, 0.2) is 0 Å². The van der Waals surface area contributed by atoms with Crippen molar-refractivity contribution in [3.63, 3.8) is 0 Å². The van der Waals surface area contributed by atoms with Gasteiger partial charge in [0.1, 0.15) is 4.21 Å². The second-order valence-electron chi connectivity index (χ2n) is 3.38. The number of hydrogen-bond acceptors (Lipinski definition) is 4. The fourth-order valence-corrected chi connectivity index (χ4v) is 3.78. The lowest BCUT2D eigenvalue weighted by Gasteiger charge is -2.13. The SMILES string of the molecule is C=CCN(C)S(=O)(=O)c1cc(CNC)cs1. The lowest BCUT2D eigenvalue weighted by Crippen LogP contribution is -2.26. The Morgan fingerprint density at radius 1 is 1.62 bits per heavy atom. The molecule has 0 saturated heterocycles. The van der Waals surface area contributed by atoms with E-state index < -0.39 is 10.0 Å². The second-order valence-corrected chi connectivity index (χ2v) is 6.56. The minimum Gasteiger partial charge on any atom is -0.316 e. The molecule has 0 fully saturated rings. The van der Waals surface area contributed by atoms with E-state index in [4.69, 9.17) is 0 Å². The van der Waals surface area contributed by atoms with Crippen molar-refractivity contribution in [3.05, 3.63) is 29.7 Å². The molecule has 90 valence electrons. The van der Waals surface area contributed by atoms with Crippen molar-refractivity contribution < 1.29 is 8.42 Å². The van der Waals surface area contributed by atoms with Crippen molar-refractivity contribution in [2.45, 2.75) is 10.8 Å². The van der Waals surface area contributed by atoms with Gasteiger partial charge in [-0.25, -0.2) is 8.42 Å². The Bertz CT molecular complexity index is 451. The molecule has 16 heavy (non-hydrogen) atoms. The molecule has 0 aliphatic heterocycles. The number of hydrogen-bond donors (Lipinski definition) is 1. The molecule has 0 saturated carbocycles. The van der Waals surface area contributed by atoms with Gasteiger partial charge < -0.3 is 5.32 Å². The van der Waals surface area contributed by atoms with Crippen LogP contribution in [0.2, 0.25) is 0 Å². The van der Waals surface area contributed by atoms with Gasteiger partial charge >= 0.3 is 0 Å². The smallest absolute Gasteiger partial charge is 0.252 e. The Morgan fingerprint density at radius 3 is 2.88 bits per heavy atom. The summed E-state index contributed by atoms with van der Waals surface area (Å²) in [5.74, 6) is 0. The molecule has 1 aromatic heterocycles. The summed E-state index contributed by atoms with van der Waals surface area (Å²) in [4.78, 5) is 0. The number of nitrogens with one attached hydrogen (secondary N) is 1. The minimum absolute atomic E-state index is 0.321. The molecular formula is C10H16N2O2S2. The summed E-state index contributed by atoms with van der Waals surface area (Å²) in [7, 11) is 0.0333. The highest BCUT2D eigenvalue weighted by Crippen LogP contribution is 2.23. The molecule has 1 aromatic rings. The van der Waals surface area contributed by atoms with Crippen molar-refractivity contribution in [2.75, 3.05) is 20.6 Å². The first-order valence-electron chi connectivity index (χ1n) is 4.81. The van der Waals surface area contributed by atoms with E-state index in [1.165, 1.54) is 15.6 Å². The van der Waals surface area contributed by atoms with E-state index in [0.717, 1.165) is 5.56 Å². The fraction of sp³-hybridized carbons (Fsp3) is 0.400. The van der Waals surface area contributed by atoms with Gasteiger partial charge in [-0.15, -0.1) is 17.9 Å². The van der Waals surface area contributed by atoms with E-state index in [1.807, 2.05) is 12.4 Å². The standard InChI is InChI=1S/C10H16N2O2S2/c1-4-5-12(3)16(13,14)10-6-9(7-11-2)8-15-10/h4,6,8,11H,1,5,7H2,2-3H3. The van der Waals surface area contributed by atoms with E-state index in [-0.39, 0.29) is 0 Å². The maximum Gasteiger partial charge on any atom is 0.252 e. The van der Waals surface area contributed by atoms with Gasteiger partial charge in [0.05, 0.1) is 0 Å². The average Bonchev–Trinajstić information content (AvgIpc) is 2.68. The van der Waals surface area contributed by atoms with Crippen LogP contribution in [0.1, 0.15) is 5.56 Å². The van der Waals surface area contributed by atoms with Crippen LogP contribution >= 0.6 is 11.3 Å². The van der Waals surface area contributed by atoms with Crippen LogP contribution in [0.4, 0.5) is 0 Å². The predicted octanol–water partition coefficient (Wildman–Crippen LogP) is 1.27. The molecule has 0 amide bonds. The van der Waals surface area contributed by atoms with Gasteiger partial charge in [0.2, 0.25) is 0 Å². The molecule has 0 atom stereocenters. The molecule has 0 aliphatic carbocycles. The minimum atomic E-state index is -3.35. The van der Waals surface area contributed by atoms with Gasteiger partial charge in [0, 0.05) is 20.1 Å². The van der Waals surface area contributed by atoms with E-state index in [9.17, 15) is 8.42 Å². The highest BCUT2D eigenvalue weighted by molar-refractivity contribution is 7.91. The summed E-state index contributed by atoms with van der Waals surface area (Å²) < 4.78 is 25.7. The van der Waals surface area contributed by atoms with Crippen LogP contribution < -0.4 is 5.32 Å². The van der Waals surface area contributed by atoms with Crippen LogP contribution in [0.3, 0.4) is 0 Å². The first kappa shape index (κ1) is 13.4. The summed E-state index contributed by atoms with van der Waals surface area (Å²) >= 11 is 1.25. The van der Waals surface area contributed by atoms with Gasteiger partial charge in [0.25, 0.3) is 10.0 Å². The van der Waals surface area contributed by atoms with Crippen LogP contribution in [0, 0.1) is 0 Å². The molecule has 0 unspecified atom stereocenters. The summed E-state index contributed by atoms with van der Waals surface area (Å²) in [6.45, 7) is 4.53. The monoisotopic (exact) mass is 260 g/mol. The zero-order chi connectivity index (χ0) is 12.2. The van der Waals surface area contributed by atoms with Crippen molar-refractivity contribution >= 4 is 21.4 Å². The van der Waals surface area contributed by atoms with Crippen LogP contribution in [0.5, 0.6) is 0 Å². The fourth-order valence-electron chi connectivity index (χ4n) is 1.22. The van der Waals surface area contributed by atoms with Gasteiger partial charge in [-0.3, -0.25) is 0 Å². The molecular weight excluding hydrogens is 244 g/mol. The van der Waals surface area contributed by atoms with Crippen LogP contribution in [0.25, 0.3) is 0 Å². The Hall–Kier alpha value is -0.690. The Labute approximate surface area is 101 Å². The zero-order valence-corrected chi connectivity index (χ0v) is 11.1. The van der Waals surface area contributed by atoms with E-state index in [1.54, 1.807) is 19.2 Å². The van der Waals surface area contributed by atoms with E-state index in [2.05, 4.69) is 11.9 Å². The van der Waals surface area contributed by atoms with E-state index in [0.29, 0.717) is 17.3 Å². The van der Waals surface area contributed by atoms with Crippen LogP contribution in [-0.2, 0) is 16.6 Å². The highest BCUT2D eigenvalue weighted by Gasteiger charge is 2.21. The third-order valence-electron chi connectivity index (χ3n) is 2.06. The summed E-state index contributed by atoms with van der Waals surface area (Å²) in [5.41, 5.74) is 0.984. The molecule has 0 spiro atoms. The summed E-state index contributed by atoms with van der Waals surface area (Å²) in [5, 5.41) is 4.84. The van der Waals surface area contributed by atoms with Gasteiger partial charge in [-0.05, 0) is 24.1 Å². The summed E-state index contributed by atoms with van der Waals surface area (Å²) in [6, 6.07) is 1.70. The van der Waals surface area contributed by atoms with Gasteiger partial charge in [-0.1, -0.05) is 6.08 Å². The molecule has 0 bridgehead atoms. The van der Waals surface area contributed by atoms with Crippen molar-refractivity contribution in [2.24, 2.45) is 0 Å².